The molecular weight excluding hydrogens is 440 g/mol. The van der Waals surface area contributed by atoms with Crippen molar-refractivity contribution in [3.8, 4) is 0 Å². The molecule has 0 aliphatic carbocycles. The number of halogens is 1. The zero-order valence-corrected chi connectivity index (χ0v) is 20.7. The first-order valence-corrected chi connectivity index (χ1v) is 12.7. The first kappa shape index (κ1) is 23.1. The van der Waals surface area contributed by atoms with Crippen LogP contribution in [0.5, 0.6) is 0 Å². The topological polar surface area (TPSA) is 30.9 Å². The van der Waals surface area contributed by atoms with Crippen molar-refractivity contribution in [3.05, 3.63) is 105 Å². The Kier molecular flexibility index (Phi) is 7.00. The fraction of sp³-hybridized carbons (Fsp3) is 0.345. The molecule has 2 aliphatic rings. The number of fused-ring (bicyclic) bond motifs is 1. The van der Waals surface area contributed by atoms with E-state index in [2.05, 4.69) is 95.8 Å². The lowest BCUT2D eigenvalue weighted by molar-refractivity contribution is 0.0514. The highest BCUT2D eigenvalue weighted by Crippen LogP contribution is 2.30. The predicted octanol–water partition coefficient (Wildman–Crippen LogP) is 4.27. The minimum absolute atomic E-state index is 0.0159. The number of aryl methyl sites for hydroxylation is 1. The Balaban J connectivity index is 1.54. The van der Waals surface area contributed by atoms with Gasteiger partial charge in [-0.3, -0.25) is 9.89 Å². The Bertz CT molecular complexity index is 1230. The van der Waals surface area contributed by atoms with E-state index in [9.17, 15) is 0 Å². The Morgan fingerprint density at radius 1 is 1.06 bits per heavy atom. The average molecular weight is 473 g/mol. The van der Waals surface area contributed by atoms with Gasteiger partial charge in [-0.15, -0.1) is 0 Å². The second kappa shape index (κ2) is 10.3. The monoisotopic (exact) mass is 472 g/mol. The highest BCUT2D eigenvalue weighted by Gasteiger charge is 2.36. The van der Waals surface area contributed by atoms with E-state index in [1.165, 1.54) is 16.7 Å². The molecule has 0 radical (unpaired) electrons. The summed E-state index contributed by atoms with van der Waals surface area (Å²) in [4.78, 5) is 10.4. The van der Waals surface area contributed by atoms with Gasteiger partial charge in [0, 0.05) is 48.7 Å². The van der Waals surface area contributed by atoms with Gasteiger partial charge in [-0.2, -0.15) is 0 Å². The molecule has 0 aromatic heterocycles. The van der Waals surface area contributed by atoms with Gasteiger partial charge in [0.15, 0.2) is 0 Å². The van der Waals surface area contributed by atoms with Crippen molar-refractivity contribution in [2.45, 2.75) is 45.1 Å². The fourth-order valence-electron chi connectivity index (χ4n) is 5.28. The molecule has 2 aliphatic heterocycles. The SMILES string of the molecule is CCC(C1N=c2cc(Cl)ccc2=CN1Cc1ccccc1)N1CCNCC1c1ccc(C)cc1. The van der Waals surface area contributed by atoms with Gasteiger partial charge in [-0.05, 0) is 42.7 Å². The Morgan fingerprint density at radius 2 is 1.85 bits per heavy atom. The standard InChI is InChI=1S/C29H33ClN4/c1-3-27(34-16-15-31-18-28(34)23-11-9-21(2)10-12-23)29-32-26-17-25(30)14-13-24(26)20-33(29)19-22-7-5-4-6-8-22/h4-14,17,20,27-29,31H,3,15-16,18-19H2,1-2H3. The normalized spacial score (nSPS) is 21.3. The van der Waals surface area contributed by atoms with E-state index in [-0.39, 0.29) is 12.2 Å². The summed E-state index contributed by atoms with van der Waals surface area (Å²) in [5, 5.41) is 6.47. The quantitative estimate of drug-likeness (QED) is 0.581. The number of hydrogen-bond donors (Lipinski definition) is 1. The van der Waals surface area contributed by atoms with Gasteiger partial charge in [-0.1, -0.05) is 78.7 Å². The molecular formula is C29H33ClN4. The van der Waals surface area contributed by atoms with E-state index >= 15 is 0 Å². The lowest BCUT2D eigenvalue weighted by atomic mass is 9.97. The Labute approximate surface area is 207 Å². The minimum atomic E-state index is 0.0159. The summed E-state index contributed by atoms with van der Waals surface area (Å²) in [5.41, 5.74) is 3.96. The predicted molar refractivity (Wildman–Crippen MR) is 140 cm³/mol. The molecule has 34 heavy (non-hydrogen) atoms. The van der Waals surface area contributed by atoms with Crippen molar-refractivity contribution in [2.75, 3.05) is 19.6 Å². The third-order valence-electron chi connectivity index (χ3n) is 7.05. The number of piperazine rings is 1. The second-order valence-corrected chi connectivity index (χ2v) is 9.81. The van der Waals surface area contributed by atoms with E-state index in [0.717, 1.165) is 48.2 Å². The van der Waals surface area contributed by atoms with Crippen molar-refractivity contribution < 1.29 is 0 Å². The van der Waals surface area contributed by atoms with Crippen LogP contribution in [0.4, 0.5) is 0 Å². The molecule has 5 heteroatoms. The van der Waals surface area contributed by atoms with Crippen LogP contribution in [0.2, 0.25) is 5.02 Å². The molecule has 1 saturated heterocycles. The smallest absolute Gasteiger partial charge is 0.137 e. The van der Waals surface area contributed by atoms with Crippen LogP contribution in [0.3, 0.4) is 0 Å². The molecule has 3 unspecified atom stereocenters. The maximum absolute atomic E-state index is 6.36. The van der Waals surface area contributed by atoms with Crippen LogP contribution in [0, 0.1) is 6.92 Å². The van der Waals surface area contributed by atoms with Crippen molar-refractivity contribution in [2.24, 2.45) is 4.99 Å². The van der Waals surface area contributed by atoms with E-state index in [1.54, 1.807) is 0 Å². The molecule has 0 bridgehead atoms. The second-order valence-electron chi connectivity index (χ2n) is 9.38. The summed E-state index contributed by atoms with van der Waals surface area (Å²) in [7, 11) is 0. The largest absolute Gasteiger partial charge is 0.350 e. The zero-order chi connectivity index (χ0) is 23.5. The van der Waals surface area contributed by atoms with E-state index in [0.29, 0.717) is 6.04 Å². The minimum Gasteiger partial charge on any atom is -0.350 e. The van der Waals surface area contributed by atoms with Gasteiger partial charge in [-0.25, -0.2) is 0 Å². The molecule has 3 aromatic rings. The molecule has 5 rings (SSSR count). The van der Waals surface area contributed by atoms with Gasteiger partial charge < -0.3 is 10.2 Å². The van der Waals surface area contributed by atoms with Crippen LogP contribution in [0.1, 0.15) is 36.1 Å². The van der Waals surface area contributed by atoms with E-state index < -0.39 is 0 Å². The molecule has 0 spiro atoms. The third-order valence-corrected chi connectivity index (χ3v) is 7.29. The molecule has 4 nitrogen and oxygen atoms in total. The first-order valence-electron chi connectivity index (χ1n) is 12.3. The molecule has 0 saturated carbocycles. The third kappa shape index (κ3) is 4.90. The first-order chi connectivity index (χ1) is 16.6. The molecule has 176 valence electrons. The lowest BCUT2D eigenvalue weighted by Gasteiger charge is -2.46. The summed E-state index contributed by atoms with van der Waals surface area (Å²) in [5.74, 6) is 0. The summed E-state index contributed by atoms with van der Waals surface area (Å²) in [6.07, 6.45) is 3.32. The summed E-state index contributed by atoms with van der Waals surface area (Å²) < 4.78 is 0. The maximum atomic E-state index is 6.36. The average Bonchev–Trinajstić information content (AvgIpc) is 2.86. The van der Waals surface area contributed by atoms with Crippen molar-refractivity contribution in [3.63, 3.8) is 0 Å². The highest BCUT2D eigenvalue weighted by molar-refractivity contribution is 6.30. The molecule has 0 amide bonds. The van der Waals surface area contributed by atoms with Gasteiger partial charge >= 0.3 is 0 Å². The number of hydrogen-bond acceptors (Lipinski definition) is 4. The van der Waals surface area contributed by atoms with Gasteiger partial charge in [0.1, 0.15) is 6.17 Å². The highest BCUT2D eigenvalue weighted by atomic mass is 35.5. The van der Waals surface area contributed by atoms with Gasteiger partial charge in [0.2, 0.25) is 0 Å². The van der Waals surface area contributed by atoms with E-state index in [1.807, 2.05) is 12.1 Å². The summed E-state index contributed by atoms with van der Waals surface area (Å²) >= 11 is 6.36. The Hall–Kier alpha value is -2.66. The maximum Gasteiger partial charge on any atom is 0.137 e. The van der Waals surface area contributed by atoms with Crippen LogP contribution >= 0.6 is 11.6 Å². The number of nitrogens with one attached hydrogen (secondary N) is 1. The van der Waals surface area contributed by atoms with Crippen LogP contribution < -0.4 is 15.9 Å². The number of rotatable bonds is 6. The number of nitrogens with zero attached hydrogens (tertiary/aromatic N) is 3. The van der Waals surface area contributed by atoms with Crippen molar-refractivity contribution >= 4 is 17.8 Å². The van der Waals surface area contributed by atoms with E-state index in [4.69, 9.17) is 16.6 Å². The van der Waals surface area contributed by atoms with Crippen LogP contribution in [0.25, 0.3) is 6.20 Å². The van der Waals surface area contributed by atoms with Crippen molar-refractivity contribution in [1.82, 2.24) is 15.1 Å². The molecule has 2 heterocycles. The van der Waals surface area contributed by atoms with Crippen LogP contribution in [-0.2, 0) is 6.54 Å². The van der Waals surface area contributed by atoms with Gasteiger partial charge in [0.25, 0.3) is 0 Å². The van der Waals surface area contributed by atoms with Crippen LogP contribution in [-0.4, -0.2) is 41.6 Å². The van der Waals surface area contributed by atoms with Gasteiger partial charge in [0.05, 0.1) is 11.4 Å². The molecule has 3 aromatic carbocycles. The molecule has 3 atom stereocenters. The van der Waals surface area contributed by atoms with Crippen LogP contribution in [0.15, 0.2) is 77.8 Å². The summed E-state index contributed by atoms with van der Waals surface area (Å²) in [6.45, 7) is 8.23. The fourth-order valence-corrected chi connectivity index (χ4v) is 5.45. The molecule has 1 fully saturated rings. The van der Waals surface area contributed by atoms with Crippen molar-refractivity contribution in [1.29, 1.82) is 0 Å². The number of benzene rings is 3. The lowest BCUT2D eigenvalue weighted by Crippen LogP contribution is -2.58. The summed E-state index contributed by atoms with van der Waals surface area (Å²) in [6, 6.07) is 26.4. The Morgan fingerprint density at radius 3 is 2.62 bits per heavy atom. The zero-order valence-electron chi connectivity index (χ0n) is 20.0. The molecule has 1 N–H and O–H groups in total.